The van der Waals surface area contributed by atoms with Gasteiger partial charge in [-0.15, -0.1) is 0 Å². The zero-order valence-corrected chi connectivity index (χ0v) is 16.1. The van der Waals surface area contributed by atoms with Crippen LogP contribution in [0.2, 0.25) is 0 Å². The molecule has 1 aromatic heterocycles. The third-order valence-corrected chi connectivity index (χ3v) is 5.59. The standard InChI is InChI=1S/C25H20N2O2/c1-15-9-17(7-8-26-15)24-21-11-19-12-22(25(29)16-5-3-2-4-6-16)23(28)13-18(19)10-20(21)14-27-24/h2-12,25,29H,13-14H2,1H3. The number of aryl methyl sites for hydroxylation is 1. The Bertz CT molecular complexity index is 1190. The molecule has 0 radical (unpaired) electrons. The zero-order valence-electron chi connectivity index (χ0n) is 16.1. The monoisotopic (exact) mass is 380 g/mol. The maximum Gasteiger partial charge on any atom is 0.166 e. The Balaban J connectivity index is 1.56. The van der Waals surface area contributed by atoms with E-state index in [-0.39, 0.29) is 5.78 Å². The Morgan fingerprint density at radius 1 is 1.03 bits per heavy atom. The lowest BCUT2D eigenvalue weighted by Crippen LogP contribution is -2.18. The maximum absolute atomic E-state index is 12.7. The third kappa shape index (κ3) is 3.12. The quantitative estimate of drug-likeness (QED) is 0.747. The fraction of sp³-hybridized carbons (Fsp3) is 0.160. The van der Waals surface area contributed by atoms with E-state index in [2.05, 4.69) is 17.1 Å². The molecular formula is C25H20N2O2. The van der Waals surface area contributed by atoms with Gasteiger partial charge in [-0.1, -0.05) is 36.4 Å². The molecule has 1 N–H and O–H groups in total. The molecule has 0 spiro atoms. The van der Waals surface area contributed by atoms with Crippen molar-refractivity contribution in [3.63, 3.8) is 0 Å². The SMILES string of the molecule is Cc1cc(C2=NCc3cc4c(cc32)C=C(C(O)c2ccccc2)C(=O)C4)ccn1. The third-order valence-electron chi connectivity index (χ3n) is 5.59. The van der Waals surface area contributed by atoms with Crippen LogP contribution in [0.3, 0.4) is 0 Å². The highest BCUT2D eigenvalue weighted by molar-refractivity contribution is 6.16. The van der Waals surface area contributed by atoms with E-state index < -0.39 is 6.10 Å². The van der Waals surface area contributed by atoms with Crippen LogP contribution in [-0.4, -0.2) is 21.6 Å². The van der Waals surface area contributed by atoms with Crippen molar-refractivity contribution in [1.82, 2.24) is 4.98 Å². The molecule has 5 rings (SSSR count). The van der Waals surface area contributed by atoms with Gasteiger partial charge in [-0.3, -0.25) is 14.8 Å². The summed E-state index contributed by atoms with van der Waals surface area (Å²) in [6, 6.07) is 17.5. The maximum atomic E-state index is 12.7. The number of ketones is 1. The van der Waals surface area contributed by atoms with Crippen LogP contribution in [0.5, 0.6) is 0 Å². The van der Waals surface area contributed by atoms with Crippen molar-refractivity contribution in [1.29, 1.82) is 0 Å². The second kappa shape index (κ2) is 6.90. The Kier molecular flexibility index (Phi) is 4.22. The number of hydrogen-bond acceptors (Lipinski definition) is 4. The van der Waals surface area contributed by atoms with Gasteiger partial charge in [-0.25, -0.2) is 0 Å². The van der Waals surface area contributed by atoms with E-state index in [1.165, 1.54) is 0 Å². The van der Waals surface area contributed by atoms with Gasteiger partial charge in [0.15, 0.2) is 5.78 Å². The fourth-order valence-corrected chi connectivity index (χ4v) is 4.11. The van der Waals surface area contributed by atoms with Gasteiger partial charge in [0.05, 0.1) is 12.3 Å². The number of hydrogen-bond donors (Lipinski definition) is 1. The van der Waals surface area contributed by atoms with Crippen molar-refractivity contribution < 1.29 is 9.90 Å². The highest BCUT2D eigenvalue weighted by Gasteiger charge is 2.27. The lowest BCUT2D eigenvalue weighted by molar-refractivity contribution is -0.116. The number of aromatic nitrogens is 1. The summed E-state index contributed by atoms with van der Waals surface area (Å²) in [6.07, 6.45) is 3.03. The predicted octanol–water partition coefficient (Wildman–Crippen LogP) is 3.98. The van der Waals surface area contributed by atoms with Crippen molar-refractivity contribution in [2.75, 3.05) is 0 Å². The number of rotatable bonds is 3. The van der Waals surface area contributed by atoms with Gasteiger partial charge < -0.3 is 5.11 Å². The molecule has 2 aromatic carbocycles. The second-order valence-corrected chi connectivity index (χ2v) is 7.57. The molecule has 0 fully saturated rings. The number of aliphatic hydroxyl groups excluding tert-OH is 1. The van der Waals surface area contributed by atoms with Crippen LogP contribution in [0, 0.1) is 6.92 Å². The van der Waals surface area contributed by atoms with E-state index >= 15 is 0 Å². The number of carbonyl (C=O) groups excluding carboxylic acids is 1. The summed E-state index contributed by atoms with van der Waals surface area (Å²) in [6.45, 7) is 2.59. The molecule has 1 aliphatic carbocycles. The molecule has 1 aliphatic heterocycles. The second-order valence-electron chi connectivity index (χ2n) is 7.57. The number of aliphatic hydroxyl groups is 1. The van der Waals surface area contributed by atoms with Gasteiger partial charge >= 0.3 is 0 Å². The van der Waals surface area contributed by atoms with Crippen LogP contribution in [0.4, 0.5) is 0 Å². The molecule has 2 heterocycles. The lowest BCUT2D eigenvalue weighted by Gasteiger charge is -2.21. The molecule has 0 saturated carbocycles. The van der Waals surface area contributed by atoms with E-state index in [9.17, 15) is 9.90 Å². The normalized spacial score (nSPS) is 16.0. The van der Waals surface area contributed by atoms with E-state index in [1.807, 2.05) is 55.5 Å². The molecule has 0 amide bonds. The molecule has 142 valence electrons. The molecule has 0 bridgehead atoms. The highest BCUT2D eigenvalue weighted by atomic mass is 16.3. The molecule has 0 saturated heterocycles. The number of aliphatic imine (C=N–C) groups is 1. The molecule has 4 nitrogen and oxygen atoms in total. The number of carbonyl (C=O) groups is 1. The summed E-state index contributed by atoms with van der Waals surface area (Å²) in [4.78, 5) is 21.7. The highest BCUT2D eigenvalue weighted by Crippen LogP contribution is 2.34. The minimum atomic E-state index is -0.916. The van der Waals surface area contributed by atoms with Crippen molar-refractivity contribution in [3.05, 3.63) is 105 Å². The average molecular weight is 380 g/mol. The Labute approximate surface area is 169 Å². The zero-order chi connectivity index (χ0) is 20.0. The first-order chi connectivity index (χ1) is 14.1. The number of pyridine rings is 1. The summed E-state index contributed by atoms with van der Waals surface area (Å²) in [5.74, 6) is -0.0299. The number of fused-ring (bicyclic) bond motifs is 2. The van der Waals surface area contributed by atoms with Crippen LogP contribution >= 0.6 is 0 Å². The smallest absolute Gasteiger partial charge is 0.166 e. The molecule has 4 heteroatoms. The Morgan fingerprint density at radius 3 is 2.66 bits per heavy atom. The van der Waals surface area contributed by atoms with Crippen LogP contribution < -0.4 is 0 Å². The molecule has 1 atom stereocenters. The van der Waals surface area contributed by atoms with Crippen LogP contribution in [0.1, 0.15) is 45.2 Å². The summed E-state index contributed by atoms with van der Waals surface area (Å²) >= 11 is 0. The summed E-state index contributed by atoms with van der Waals surface area (Å²) in [5.41, 5.74) is 8.35. The lowest BCUT2D eigenvalue weighted by atomic mass is 9.84. The number of nitrogens with zero attached hydrogens (tertiary/aromatic N) is 2. The van der Waals surface area contributed by atoms with Crippen molar-refractivity contribution >= 4 is 17.6 Å². The molecule has 29 heavy (non-hydrogen) atoms. The summed E-state index contributed by atoms with van der Waals surface area (Å²) < 4.78 is 0. The van der Waals surface area contributed by atoms with Gasteiger partial charge in [0.1, 0.15) is 6.10 Å². The largest absolute Gasteiger partial charge is 0.384 e. The van der Waals surface area contributed by atoms with Gasteiger partial charge in [0.25, 0.3) is 0 Å². The molecular weight excluding hydrogens is 360 g/mol. The Hall–Kier alpha value is -3.37. The first-order valence-corrected chi connectivity index (χ1v) is 9.71. The van der Waals surface area contributed by atoms with Gasteiger partial charge in [-0.05, 0) is 53.5 Å². The Morgan fingerprint density at radius 2 is 1.86 bits per heavy atom. The topological polar surface area (TPSA) is 62.6 Å². The van der Waals surface area contributed by atoms with Crippen LogP contribution in [0.25, 0.3) is 6.08 Å². The first kappa shape index (κ1) is 17.7. The molecule has 3 aromatic rings. The van der Waals surface area contributed by atoms with Gasteiger partial charge in [0.2, 0.25) is 0 Å². The van der Waals surface area contributed by atoms with Crippen LogP contribution in [-0.2, 0) is 17.8 Å². The van der Waals surface area contributed by atoms with Crippen molar-refractivity contribution in [2.45, 2.75) is 26.0 Å². The predicted molar refractivity (Wildman–Crippen MR) is 113 cm³/mol. The minimum absolute atomic E-state index is 0.0299. The average Bonchev–Trinajstić information content (AvgIpc) is 3.14. The summed E-state index contributed by atoms with van der Waals surface area (Å²) in [7, 11) is 0. The van der Waals surface area contributed by atoms with E-state index in [1.54, 1.807) is 6.20 Å². The van der Waals surface area contributed by atoms with Crippen molar-refractivity contribution in [2.24, 2.45) is 4.99 Å². The summed E-state index contributed by atoms with van der Waals surface area (Å²) in [5, 5.41) is 10.8. The van der Waals surface area contributed by atoms with Crippen LogP contribution in [0.15, 0.2) is 71.4 Å². The molecule has 2 aliphatic rings. The number of Topliss-reactive ketones (excluding diaryl/α,β-unsaturated/α-hetero) is 1. The minimum Gasteiger partial charge on any atom is -0.384 e. The fourth-order valence-electron chi connectivity index (χ4n) is 4.11. The number of benzene rings is 2. The first-order valence-electron chi connectivity index (χ1n) is 9.71. The van der Waals surface area contributed by atoms with Gasteiger partial charge in [0, 0.05) is 35.0 Å². The van der Waals surface area contributed by atoms with E-state index in [4.69, 9.17) is 4.99 Å². The van der Waals surface area contributed by atoms with E-state index in [0.29, 0.717) is 18.5 Å². The van der Waals surface area contributed by atoms with Gasteiger partial charge in [-0.2, -0.15) is 0 Å². The van der Waals surface area contributed by atoms with E-state index in [0.717, 1.165) is 44.8 Å². The molecule has 1 unspecified atom stereocenters. The van der Waals surface area contributed by atoms with Crippen molar-refractivity contribution in [3.8, 4) is 0 Å².